The van der Waals surface area contributed by atoms with E-state index in [1.165, 1.54) is 16.7 Å². The molecule has 0 bridgehead atoms. The van der Waals surface area contributed by atoms with Gasteiger partial charge in [-0.25, -0.2) is 0 Å². The van der Waals surface area contributed by atoms with Crippen molar-refractivity contribution < 1.29 is 9.47 Å². The summed E-state index contributed by atoms with van der Waals surface area (Å²) in [5, 5.41) is 0. The number of rotatable bonds is 9. The Balaban J connectivity index is 1.98. The average Bonchev–Trinajstić information content (AvgIpc) is 2.61. The number of benzene rings is 2. The molecule has 0 saturated heterocycles. The Kier molecular flexibility index (Phi) is 7.15. The van der Waals surface area contributed by atoms with Gasteiger partial charge in [0.25, 0.3) is 0 Å². The lowest BCUT2D eigenvalue weighted by Gasteiger charge is -2.13. The highest BCUT2D eigenvalue weighted by Crippen LogP contribution is 2.25. The van der Waals surface area contributed by atoms with Crippen molar-refractivity contribution in [2.75, 3.05) is 13.2 Å². The van der Waals surface area contributed by atoms with Crippen LogP contribution in [0.4, 0.5) is 0 Å². The molecule has 2 aromatic rings. The van der Waals surface area contributed by atoms with Gasteiger partial charge in [-0.15, -0.1) is 0 Å². The molecule has 0 spiro atoms. The highest BCUT2D eigenvalue weighted by molar-refractivity contribution is 5.64. The van der Waals surface area contributed by atoms with Gasteiger partial charge in [0.1, 0.15) is 5.75 Å². The Morgan fingerprint density at radius 2 is 1.39 bits per heavy atom. The second kappa shape index (κ2) is 9.36. The summed E-state index contributed by atoms with van der Waals surface area (Å²) in [6.45, 7) is 8.01. The molecule has 2 heteroatoms. The smallest absolute Gasteiger partial charge is 0.119 e. The summed E-state index contributed by atoms with van der Waals surface area (Å²) in [6.07, 6.45) is 3.46. The summed E-state index contributed by atoms with van der Waals surface area (Å²) < 4.78 is 11.5. The minimum Gasteiger partial charge on any atom is -0.494 e. The van der Waals surface area contributed by atoms with Crippen LogP contribution < -0.4 is 4.74 Å². The molecule has 0 aromatic heterocycles. The number of ether oxygens (including phenoxy) is 2. The number of hydrogen-bond donors (Lipinski definition) is 0. The molecule has 0 saturated carbocycles. The van der Waals surface area contributed by atoms with Gasteiger partial charge in [-0.05, 0) is 48.6 Å². The van der Waals surface area contributed by atoms with Gasteiger partial charge in [0, 0.05) is 6.61 Å². The lowest BCUT2D eigenvalue weighted by molar-refractivity contribution is 0.0663. The van der Waals surface area contributed by atoms with Crippen LogP contribution >= 0.6 is 0 Å². The third-order valence-corrected chi connectivity index (χ3v) is 3.91. The summed E-state index contributed by atoms with van der Waals surface area (Å²) in [5.74, 6) is 0.945. The molecule has 1 unspecified atom stereocenters. The molecule has 2 aromatic carbocycles. The molecular formula is C21H28O2. The first-order valence-electron chi connectivity index (χ1n) is 8.69. The van der Waals surface area contributed by atoms with E-state index in [9.17, 15) is 0 Å². The van der Waals surface area contributed by atoms with Crippen LogP contribution in [-0.4, -0.2) is 13.2 Å². The Hall–Kier alpha value is -1.80. The van der Waals surface area contributed by atoms with Gasteiger partial charge >= 0.3 is 0 Å². The van der Waals surface area contributed by atoms with Crippen LogP contribution in [-0.2, 0) is 4.74 Å². The highest BCUT2D eigenvalue weighted by Gasteiger charge is 2.06. The fourth-order valence-electron chi connectivity index (χ4n) is 2.42. The van der Waals surface area contributed by atoms with Crippen LogP contribution in [0.5, 0.6) is 5.75 Å². The lowest BCUT2D eigenvalue weighted by atomic mass is 10.0. The third kappa shape index (κ3) is 5.40. The van der Waals surface area contributed by atoms with Gasteiger partial charge in [-0.2, -0.15) is 0 Å². The highest BCUT2D eigenvalue weighted by atomic mass is 16.5. The molecule has 0 heterocycles. The van der Waals surface area contributed by atoms with Crippen molar-refractivity contribution in [2.45, 2.75) is 46.1 Å². The fourth-order valence-corrected chi connectivity index (χ4v) is 2.42. The summed E-state index contributed by atoms with van der Waals surface area (Å²) >= 11 is 0. The molecule has 0 aliphatic heterocycles. The van der Waals surface area contributed by atoms with Gasteiger partial charge in [0.15, 0.2) is 0 Å². The maximum Gasteiger partial charge on any atom is 0.119 e. The molecule has 1 atom stereocenters. The van der Waals surface area contributed by atoms with E-state index in [4.69, 9.17) is 9.47 Å². The Bertz CT molecular complexity index is 557. The van der Waals surface area contributed by atoms with Crippen molar-refractivity contribution in [2.24, 2.45) is 0 Å². The predicted molar refractivity (Wildman–Crippen MR) is 96.9 cm³/mol. The minimum atomic E-state index is 0.151. The maximum absolute atomic E-state index is 5.77. The molecule has 0 aliphatic carbocycles. The average molecular weight is 312 g/mol. The summed E-state index contributed by atoms with van der Waals surface area (Å²) in [4.78, 5) is 0. The zero-order valence-corrected chi connectivity index (χ0v) is 14.5. The second-order valence-electron chi connectivity index (χ2n) is 5.86. The monoisotopic (exact) mass is 312 g/mol. The third-order valence-electron chi connectivity index (χ3n) is 3.91. The topological polar surface area (TPSA) is 18.5 Å². The molecule has 2 nitrogen and oxygen atoms in total. The van der Waals surface area contributed by atoms with Crippen molar-refractivity contribution in [3.63, 3.8) is 0 Å². The first-order chi connectivity index (χ1) is 11.2. The molecule has 0 amide bonds. The predicted octanol–water partition coefficient (Wildman–Crippen LogP) is 6.02. The van der Waals surface area contributed by atoms with Crippen molar-refractivity contribution >= 4 is 0 Å². The van der Waals surface area contributed by atoms with Crippen LogP contribution in [0.15, 0.2) is 48.5 Å². The molecule has 2 rings (SSSR count). The molecule has 23 heavy (non-hydrogen) atoms. The first-order valence-corrected chi connectivity index (χ1v) is 8.69. The second-order valence-corrected chi connectivity index (χ2v) is 5.86. The van der Waals surface area contributed by atoms with Crippen molar-refractivity contribution in [1.82, 2.24) is 0 Å². The largest absolute Gasteiger partial charge is 0.494 e. The van der Waals surface area contributed by atoms with Crippen LogP contribution in [0.3, 0.4) is 0 Å². The summed E-state index contributed by atoms with van der Waals surface area (Å²) in [6, 6.07) is 17.0. The quantitative estimate of drug-likeness (QED) is 0.527. The van der Waals surface area contributed by atoms with Gasteiger partial charge in [0.05, 0.1) is 12.7 Å². The molecule has 124 valence electrons. The normalized spacial score (nSPS) is 12.1. The van der Waals surface area contributed by atoms with Gasteiger partial charge in [-0.1, -0.05) is 56.7 Å². The van der Waals surface area contributed by atoms with Crippen LogP contribution in [0.25, 0.3) is 11.1 Å². The van der Waals surface area contributed by atoms with E-state index < -0.39 is 0 Å². The van der Waals surface area contributed by atoms with E-state index >= 15 is 0 Å². The van der Waals surface area contributed by atoms with Crippen molar-refractivity contribution in [1.29, 1.82) is 0 Å². The van der Waals surface area contributed by atoms with E-state index in [1.807, 2.05) is 12.1 Å². The van der Waals surface area contributed by atoms with E-state index in [-0.39, 0.29) is 6.10 Å². The molecule has 0 fully saturated rings. The Morgan fingerprint density at radius 3 is 1.96 bits per heavy atom. The lowest BCUT2D eigenvalue weighted by Crippen LogP contribution is -2.00. The molecule has 0 aliphatic rings. The summed E-state index contributed by atoms with van der Waals surface area (Å²) in [5.41, 5.74) is 3.65. The van der Waals surface area contributed by atoms with Crippen molar-refractivity contribution in [3.05, 3.63) is 54.1 Å². The van der Waals surface area contributed by atoms with Gasteiger partial charge in [0.2, 0.25) is 0 Å². The number of hydrogen-bond acceptors (Lipinski definition) is 2. The minimum absolute atomic E-state index is 0.151. The van der Waals surface area contributed by atoms with E-state index in [2.05, 4.69) is 57.2 Å². The fraction of sp³-hybridized carbons (Fsp3) is 0.429. The standard InChI is InChI=1S/C21H28O2/c1-4-6-16-23-21-13-11-20(12-14-21)19-9-7-18(8-10-19)17(3)22-15-5-2/h7-14,17H,4-6,15-16H2,1-3H3. The molecule has 0 radical (unpaired) electrons. The molecular weight excluding hydrogens is 284 g/mol. The SMILES string of the molecule is CCCCOc1ccc(-c2ccc(C(C)OCCC)cc2)cc1. The number of unbranched alkanes of at least 4 members (excludes halogenated alkanes) is 1. The maximum atomic E-state index is 5.77. The van der Waals surface area contributed by atoms with E-state index in [1.54, 1.807) is 0 Å². The summed E-state index contributed by atoms with van der Waals surface area (Å²) in [7, 11) is 0. The van der Waals surface area contributed by atoms with Crippen LogP contribution in [0.2, 0.25) is 0 Å². The zero-order valence-electron chi connectivity index (χ0n) is 14.5. The first kappa shape index (κ1) is 17.6. The van der Waals surface area contributed by atoms with Crippen molar-refractivity contribution in [3.8, 4) is 16.9 Å². The Labute approximate surface area is 140 Å². The van der Waals surface area contributed by atoms with Gasteiger partial charge in [-0.3, -0.25) is 0 Å². The van der Waals surface area contributed by atoms with Crippen LogP contribution in [0.1, 0.15) is 51.7 Å². The molecule has 0 N–H and O–H groups in total. The van der Waals surface area contributed by atoms with Crippen LogP contribution in [0, 0.1) is 0 Å². The van der Waals surface area contributed by atoms with E-state index in [0.717, 1.165) is 38.2 Å². The Morgan fingerprint density at radius 1 is 0.783 bits per heavy atom. The van der Waals surface area contributed by atoms with E-state index in [0.29, 0.717) is 0 Å². The zero-order chi connectivity index (χ0) is 16.5. The van der Waals surface area contributed by atoms with Gasteiger partial charge < -0.3 is 9.47 Å².